The molecule has 0 aromatic heterocycles. The minimum absolute atomic E-state index is 0.0450. The molecule has 0 aliphatic carbocycles. The maximum Gasteiger partial charge on any atom is 0.333 e. The fourth-order valence-corrected chi connectivity index (χ4v) is 2.74. The molecular weight excluding hydrogens is 467 g/mol. The summed E-state index contributed by atoms with van der Waals surface area (Å²) in [6.07, 6.45) is 0. The first-order valence-electron chi connectivity index (χ1n) is 11.2. The Labute approximate surface area is 210 Å². The Morgan fingerprint density at radius 2 is 1.31 bits per heavy atom. The van der Waals surface area contributed by atoms with Gasteiger partial charge in [0.05, 0.1) is 0 Å². The van der Waals surface area contributed by atoms with Crippen molar-refractivity contribution in [1.82, 2.24) is 0 Å². The van der Waals surface area contributed by atoms with Crippen LogP contribution in [0, 0.1) is 5.82 Å². The second kappa shape index (κ2) is 13.7. The number of esters is 2. The molecule has 0 saturated heterocycles. The monoisotopic (exact) mass is 498 g/mol. The molecule has 2 aromatic carbocycles. The van der Waals surface area contributed by atoms with Gasteiger partial charge in [0.1, 0.15) is 38.8 Å². The summed E-state index contributed by atoms with van der Waals surface area (Å²) in [4.78, 5) is 23.1. The normalized spacial score (nSPS) is 10.2. The lowest BCUT2D eigenvalue weighted by Gasteiger charge is -2.16. The first kappa shape index (κ1) is 28.2. The quantitative estimate of drug-likeness (QED) is 0.148. The molecule has 0 atom stereocenters. The Morgan fingerprint density at radius 1 is 0.750 bits per heavy atom. The molecule has 0 heterocycles. The van der Waals surface area contributed by atoms with Gasteiger partial charge in [0, 0.05) is 11.1 Å². The predicted octanol–water partition coefficient (Wildman–Crippen LogP) is 5.44. The third-order valence-electron chi connectivity index (χ3n) is 4.52. The van der Waals surface area contributed by atoms with Crippen LogP contribution in [0.2, 0.25) is 0 Å². The fourth-order valence-electron chi connectivity index (χ4n) is 2.74. The van der Waals surface area contributed by atoms with Gasteiger partial charge in [-0.1, -0.05) is 31.9 Å². The van der Waals surface area contributed by atoms with Gasteiger partial charge in [0.15, 0.2) is 17.3 Å². The summed E-state index contributed by atoms with van der Waals surface area (Å²) in [6.45, 7) is 15.8. The number of carbonyl (C=O) groups excluding carboxylic acids is 2. The van der Waals surface area contributed by atoms with Gasteiger partial charge in [-0.25, -0.2) is 14.0 Å². The highest BCUT2D eigenvalue weighted by Gasteiger charge is 2.16. The predicted molar refractivity (Wildman–Crippen MR) is 135 cm³/mol. The number of carbonyl (C=O) groups is 2. The number of rotatable bonds is 14. The van der Waals surface area contributed by atoms with Crippen molar-refractivity contribution < 1.29 is 37.7 Å². The molecule has 0 unspecified atom stereocenters. The van der Waals surface area contributed by atoms with Crippen molar-refractivity contribution >= 4 is 11.9 Å². The van der Waals surface area contributed by atoms with Crippen molar-refractivity contribution in [3.8, 4) is 28.4 Å². The van der Waals surface area contributed by atoms with E-state index >= 15 is 4.39 Å². The minimum Gasteiger partial charge on any atom is -0.489 e. The van der Waals surface area contributed by atoms with E-state index in [1.807, 2.05) is 6.92 Å². The van der Waals surface area contributed by atoms with Crippen molar-refractivity contribution in [1.29, 1.82) is 0 Å². The van der Waals surface area contributed by atoms with Gasteiger partial charge in [-0.05, 0) is 61.7 Å². The molecule has 8 heteroatoms. The van der Waals surface area contributed by atoms with E-state index in [4.69, 9.17) is 23.7 Å². The fraction of sp³-hybridized carbons (Fsp3) is 0.286. The summed E-state index contributed by atoms with van der Waals surface area (Å²) in [5.74, 6) is -1.19. The highest BCUT2D eigenvalue weighted by molar-refractivity contribution is 5.87. The third kappa shape index (κ3) is 8.94. The zero-order chi connectivity index (χ0) is 26.7. The van der Waals surface area contributed by atoms with E-state index in [0.717, 1.165) is 11.1 Å². The van der Waals surface area contributed by atoms with E-state index in [1.165, 1.54) is 19.9 Å². The van der Waals surface area contributed by atoms with Crippen LogP contribution in [-0.4, -0.2) is 45.0 Å². The largest absolute Gasteiger partial charge is 0.489 e. The van der Waals surface area contributed by atoms with E-state index in [2.05, 4.69) is 19.7 Å². The second-order valence-electron chi connectivity index (χ2n) is 8.08. The van der Waals surface area contributed by atoms with Gasteiger partial charge in [-0.15, -0.1) is 0 Å². The zero-order valence-corrected chi connectivity index (χ0v) is 20.9. The van der Waals surface area contributed by atoms with E-state index in [9.17, 15) is 9.59 Å². The van der Waals surface area contributed by atoms with Crippen molar-refractivity contribution in [2.24, 2.45) is 0 Å². The summed E-state index contributed by atoms with van der Waals surface area (Å²) in [7, 11) is 0. The molecule has 36 heavy (non-hydrogen) atoms. The summed E-state index contributed by atoms with van der Waals surface area (Å²) >= 11 is 0. The van der Waals surface area contributed by atoms with Gasteiger partial charge in [0.25, 0.3) is 0 Å². The molecule has 0 fully saturated rings. The Balaban J connectivity index is 2.19. The lowest BCUT2D eigenvalue weighted by Crippen LogP contribution is -2.15. The van der Waals surface area contributed by atoms with Gasteiger partial charge >= 0.3 is 11.9 Å². The number of hydrogen-bond donors (Lipinski definition) is 0. The molecule has 7 nitrogen and oxygen atoms in total. The summed E-state index contributed by atoms with van der Waals surface area (Å²) in [5, 5.41) is 0. The van der Waals surface area contributed by atoms with Gasteiger partial charge in [-0.3, -0.25) is 0 Å². The number of benzene rings is 2. The molecule has 0 amide bonds. The zero-order valence-electron chi connectivity index (χ0n) is 20.9. The Bertz CT molecular complexity index is 1120. The molecule has 2 aromatic rings. The van der Waals surface area contributed by atoms with Crippen LogP contribution in [0.4, 0.5) is 4.39 Å². The second-order valence-corrected chi connectivity index (χ2v) is 8.08. The van der Waals surface area contributed by atoms with Gasteiger partial charge in [0.2, 0.25) is 0 Å². The van der Waals surface area contributed by atoms with Crippen LogP contribution in [-0.2, 0) is 19.1 Å². The topological polar surface area (TPSA) is 80.3 Å². The van der Waals surface area contributed by atoms with Gasteiger partial charge in [-0.2, -0.15) is 0 Å². The molecule has 0 N–H and O–H groups in total. The standard InChI is InChI=1S/C28H31FO7/c1-18(2)17-36-23-9-7-21(8-10-23)22-15-24(29)26(33-12-14-35-28(31)20(5)6)25(16-22)32-11-13-34-27(30)19(3)4/h7-10,15-16H,1,3,5,11-14,17H2,2,4,6H3. The molecule has 0 saturated carbocycles. The Kier molecular flexibility index (Phi) is 10.7. The van der Waals surface area contributed by atoms with E-state index < -0.39 is 17.8 Å². The van der Waals surface area contributed by atoms with Crippen LogP contribution < -0.4 is 14.2 Å². The van der Waals surface area contributed by atoms with E-state index in [1.54, 1.807) is 30.3 Å². The highest BCUT2D eigenvalue weighted by atomic mass is 19.1. The van der Waals surface area contributed by atoms with Crippen LogP contribution in [0.3, 0.4) is 0 Å². The minimum atomic E-state index is -0.671. The Morgan fingerprint density at radius 3 is 1.83 bits per heavy atom. The van der Waals surface area contributed by atoms with Crippen molar-refractivity contribution in [3.63, 3.8) is 0 Å². The van der Waals surface area contributed by atoms with Crippen molar-refractivity contribution in [2.75, 3.05) is 33.0 Å². The first-order valence-corrected chi connectivity index (χ1v) is 11.2. The summed E-state index contributed by atoms with van der Waals surface area (Å²) in [6, 6.07) is 10.1. The molecule has 0 aliphatic rings. The maximum atomic E-state index is 15.1. The summed E-state index contributed by atoms with van der Waals surface area (Å²) < 4.78 is 41.9. The molecule has 0 aliphatic heterocycles. The molecule has 0 bridgehead atoms. The molecule has 0 spiro atoms. The average molecular weight is 499 g/mol. The highest BCUT2D eigenvalue weighted by Crippen LogP contribution is 2.36. The SMILES string of the molecule is C=C(C)COc1ccc(-c2cc(F)c(OCCOC(=O)C(=C)C)c(OCCOC(=O)C(=C)C)c2)cc1. The van der Waals surface area contributed by atoms with Crippen molar-refractivity contribution in [2.45, 2.75) is 20.8 Å². The molecule has 0 radical (unpaired) electrons. The van der Waals surface area contributed by atoms with Crippen LogP contribution in [0.15, 0.2) is 72.9 Å². The maximum absolute atomic E-state index is 15.1. The average Bonchev–Trinajstić information content (AvgIpc) is 2.83. The van der Waals surface area contributed by atoms with Crippen molar-refractivity contribution in [3.05, 3.63) is 78.7 Å². The number of hydrogen-bond acceptors (Lipinski definition) is 7. The van der Waals surface area contributed by atoms with Crippen LogP contribution in [0.5, 0.6) is 17.2 Å². The summed E-state index contributed by atoms with van der Waals surface area (Å²) in [5.41, 5.74) is 2.65. The van der Waals surface area contributed by atoms with Crippen LogP contribution in [0.25, 0.3) is 11.1 Å². The van der Waals surface area contributed by atoms with E-state index in [0.29, 0.717) is 17.9 Å². The van der Waals surface area contributed by atoms with E-state index in [-0.39, 0.29) is 49.1 Å². The number of ether oxygens (including phenoxy) is 5. The third-order valence-corrected chi connectivity index (χ3v) is 4.52. The molecule has 192 valence electrons. The number of halogens is 1. The molecule has 2 rings (SSSR count). The smallest absolute Gasteiger partial charge is 0.333 e. The van der Waals surface area contributed by atoms with Gasteiger partial charge < -0.3 is 23.7 Å². The van der Waals surface area contributed by atoms with Crippen LogP contribution >= 0.6 is 0 Å². The lowest BCUT2D eigenvalue weighted by atomic mass is 10.0. The lowest BCUT2D eigenvalue weighted by molar-refractivity contribution is -0.140. The van der Waals surface area contributed by atoms with Crippen LogP contribution in [0.1, 0.15) is 20.8 Å². The Hall–Kier alpha value is -4.07. The molecular formula is C28H31FO7. The first-order chi connectivity index (χ1) is 17.1.